The van der Waals surface area contributed by atoms with E-state index in [4.69, 9.17) is 0 Å². The molecule has 192 valence electrons. The average molecular weight is 510 g/mol. The number of fused-ring (bicyclic) bond motifs is 1. The second kappa shape index (κ2) is 10.5. The van der Waals surface area contributed by atoms with Crippen molar-refractivity contribution in [2.75, 3.05) is 23.7 Å². The minimum atomic E-state index is -4.79. The lowest BCUT2D eigenvalue weighted by molar-refractivity contribution is -0.274. The first-order valence-electron chi connectivity index (χ1n) is 12.0. The quantitative estimate of drug-likeness (QED) is 0.302. The van der Waals surface area contributed by atoms with Crippen LogP contribution in [0.15, 0.2) is 60.8 Å². The summed E-state index contributed by atoms with van der Waals surface area (Å²) in [6, 6.07) is 14.9. The lowest BCUT2D eigenvalue weighted by Gasteiger charge is -2.24. The van der Waals surface area contributed by atoms with Crippen molar-refractivity contribution in [2.45, 2.75) is 31.2 Å². The number of nitrogens with zero attached hydrogens (tertiary/aromatic N) is 1. The summed E-state index contributed by atoms with van der Waals surface area (Å²) in [4.78, 5) is 16.5. The molecule has 1 unspecified atom stereocenters. The largest absolute Gasteiger partial charge is 0.573 e. The monoisotopic (exact) mass is 509 g/mol. The molecule has 3 aromatic rings. The normalized spacial score (nSPS) is 17.4. The highest BCUT2D eigenvalue weighted by Gasteiger charge is 2.31. The number of halogens is 3. The molecule has 3 heterocycles. The van der Waals surface area contributed by atoms with Gasteiger partial charge < -0.3 is 30.8 Å². The molecule has 2 aliphatic heterocycles. The van der Waals surface area contributed by atoms with Gasteiger partial charge in [0.2, 0.25) is 0 Å². The molecule has 10 heteroatoms. The van der Waals surface area contributed by atoms with E-state index in [2.05, 4.69) is 43.1 Å². The highest BCUT2D eigenvalue weighted by Crippen LogP contribution is 2.35. The molecular formula is C27H26F3N5O2. The molecule has 0 bridgehead atoms. The van der Waals surface area contributed by atoms with Gasteiger partial charge in [-0.1, -0.05) is 18.2 Å². The molecule has 0 aliphatic carbocycles. The van der Waals surface area contributed by atoms with E-state index in [1.54, 1.807) is 18.3 Å². The number of anilines is 4. The fourth-order valence-electron chi connectivity index (χ4n) is 4.68. The van der Waals surface area contributed by atoms with E-state index in [0.717, 1.165) is 43.5 Å². The average Bonchev–Trinajstić information content (AvgIpc) is 2.88. The highest BCUT2D eigenvalue weighted by molar-refractivity contribution is 5.79. The Hall–Kier alpha value is -4.05. The van der Waals surface area contributed by atoms with Crippen LogP contribution in [-0.2, 0) is 4.79 Å². The molecule has 1 fully saturated rings. The molecule has 5 rings (SSSR count). The summed E-state index contributed by atoms with van der Waals surface area (Å²) >= 11 is 0. The molecule has 2 aromatic carbocycles. The number of benzene rings is 2. The number of pyridine rings is 1. The van der Waals surface area contributed by atoms with Crippen LogP contribution in [0.1, 0.15) is 41.5 Å². The SMILES string of the molecule is O=CC1NC=Cc2cc(Nc3cccc(OC(F)(F)F)c3)nc(Nc3ccc(C4CCNCC4)cc3)c21. The number of aldehydes is 1. The Kier molecular flexibility index (Phi) is 7.00. The van der Waals surface area contributed by atoms with Gasteiger partial charge in [0.15, 0.2) is 0 Å². The number of alkyl halides is 3. The number of hydrogen-bond donors (Lipinski definition) is 4. The van der Waals surface area contributed by atoms with Gasteiger partial charge in [0.1, 0.15) is 29.7 Å². The summed E-state index contributed by atoms with van der Waals surface area (Å²) in [5.74, 6) is 1.05. The molecule has 0 radical (unpaired) electrons. The van der Waals surface area contributed by atoms with Crippen LogP contribution in [0.5, 0.6) is 5.75 Å². The number of carbonyl (C=O) groups is 1. The summed E-state index contributed by atoms with van der Waals surface area (Å²) in [6.45, 7) is 2.03. The number of piperidine rings is 1. The van der Waals surface area contributed by atoms with Gasteiger partial charge in [0.05, 0.1) is 0 Å². The van der Waals surface area contributed by atoms with E-state index in [-0.39, 0.29) is 5.75 Å². The van der Waals surface area contributed by atoms with Gasteiger partial charge in [-0.15, -0.1) is 13.2 Å². The molecular weight excluding hydrogens is 483 g/mol. The molecule has 1 aromatic heterocycles. The first-order valence-corrected chi connectivity index (χ1v) is 12.0. The molecule has 1 saturated heterocycles. The van der Waals surface area contributed by atoms with E-state index in [0.29, 0.717) is 28.8 Å². The van der Waals surface area contributed by atoms with Gasteiger partial charge in [-0.25, -0.2) is 4.98 Å². The molecule has 37 heavy (non-hydrogen) atoms. The van der Waals surface area contributed by atoms with E-state index in [1.807, 2.05) is 18.2 Å². The number of rotatable bonds is 7. The number of ether oxygens (including phenoxy) is 1. The zero-order chi connectivity index (χ0) is 25.8. The van der Waals surface area contributed by atoms with Crippen LogP contribution in [0.25, 0.3) is 6.08 Å². The van der Waals surface area contributed by atoms with E-state index >= 15 is 0 Å². The lowest BCUT2D eigenvalue weighted by Crippen LogP contribution is -2.26. The summed E-state index contributed by atoms with van der Waals surface area (Å²) in [5.41, 5.74) is 3.90. The minimum absolute atomic E-state index is 0.340. The van der Waals surface area contributed by atoms with Gasteiger partial charge in [0, 0.05) is 23.0 Å². The summed E-state index contributed by atoms with van der Waals surface area (Å²) in [6.07, 6.45) is 1.72. The van der Waals surface area contributed by atoms with Crippen LogP contribution in [0.3, 0.4) is 0 Å². The number of carbonyl (C=O) groups excluding carboxylic acids is 1. The van der Waals surface area contributed by atoms with Crippen molar-refractivity contribution < 1.29 is 22.7 Å². The second-order valence-corrected chi connectivity index (χ2v) is 8.94. The molecule has 7 nitrogen and oxygen atoms in total. The fraction of sp³-hybridized carbons (Fsp3) is 0.259. The summed E-state index contributed by atoms with van der Waals surface area (Å²) in [7, 11) is 0. The van der Waals surface area contributed by atoms with Crippen molar-refractivity contribution in [2.24, 2.45) is 0 Å². The maximum atomic E-state index is 12.6. The molecule has 1 atom stereocenters. The standard InChI is InChI=1S/C27H26F3N5O2/c28-27(29,30)37-22-3-1-2-21(15-22)33-24-14-19-10-13-32-23(16-36)25(19)26(35-24)34-20-6-4-17(5-7-20)18-8-11-31-12-9-18/h1-7,10,13-16,18,23,31-32H,8-9,11-12H2,(H2,33,34,35). The van der Waals surface area contributed by atoms with Crippen LogP contribution in [0.4, 0.5) is 36.2 Å². The van der Waals surface area contributed by atoms with Gasteiger partial charge in [-0.3, -0.25) is 0 Å². The van der Waals surface area contributed by atoms with E-state index < -0.39 is 12.4 Å². The predicted molar refractivity (Wildman–Crippen MR) is 136 cm³/mol. The lowest BCUT2D eigenvalue weighted by atomic mass is 9.90. The summed E-state index contributed by atoms with van der Waals surface area (Å²) in [5, 5.41) is 12.8. The third-order valence-corrected chi connectivity index (χ3v) is 6.40. The highest BCUT2D eigenvalue weighted by atomic mass is 19.4. The minimum Gasteiger partial charge on any atom is -0.406 e. The number of aromatic nitrogens is 1. The first kappa shape index (κ1) is 24.6. The van der Waals surface area contributed by atoms with Gasteiger partial charge in [-0.05, 0) is 85.6 Å². The Bertz CT molecular complexity index is 1290. The van der Waals surface area contributed by atoms with Gasteiger partial charge in [0.25, 0.3) is 0 Å². The zero-order valence-corrected chi connectivity index (χ0v) is 19.8. The zero-order valence-electron chi connectivity index (χ0n) is 19.8. The maximum Gasteiger partial charge on any atom is 0.573 e. The smallest absolute Gasteiger partial charge is 0.406 e. The second-order valence-electron chi connectivity index (χ2n) is 8.94. The Morgan fingerprint density at radius 1 is 1.00 bits per heavy atom. The number of nitrogens with one attached hydrogen (secondary N) is 4. The van der Waals surface area contributed by atoms with Gasteiger partial charge in [-0.2, -0.15) is 0 Å². The molecule has 2 aliphatic rings. The van der Waals surface area contributed by atoms with Crippen molar-refractivity contribution in [1.82, 2.24) is 15.6 Å². The fourth-order valence-corrected chi connectivity index (χ4v) is 4.68. The van der Waals surface area contributed by atoms with Crippen molar-refractivity contribution in [3.05, 3.63) is 77.5 Å². The predicted octanol–water partition coefficient (Wildman–Crippen LogP) is 5.75. The van der Waals surface area contributed by atoms with Crippen LogP contribution >= 0.6 is 0 Å². The maximum absolute atomic E-state index is 12.6. The Morgan fingerprint density at radius 3 is 2.51 bits per heavy atom. The molecule has 4 N–H and O–H groups in total. The van der Waals surface area contributed by atoms with Crippen molar-refractivity contribution in [3.8, 4) is 5.75 Å². The van der Waals surface area contributed by atoms with Crippen LogP contribution < -0.4 is 26.0 Å². The van der Waals surface area contributed by atoms with Crippen LogP contribution in [0, 0.1) is 0 Å². The van der Waals surface area contributed by atoms with Crippen molar-refractivity contribution in [1.29, 1.82) is 0 Å². The van der Waals surface area contributed by atoms with E-state index in [1.165, 1.54) is 23.8 Å². The molecule has 0 spiro atoms. The molecule has 0 saturated carbocycles. The van der Waals surface area contributed by atoms with Crippen LogP contribution in [0.2, 0.25) is 0 Å². The third-order valence-electron chi connectivity index (χ3n) is 6.40. The molecule has 0 amide bonds. The van der Waals surface area contributed by atoms with E-state index in [9.17, 15) is 18.0 Å². The Morgan fingerprint density at radius 2 is 1.78 bits per heavy atom. The van der Waals surface area contributed by atoms with Crippen molar-refractivity contribution >= 4 is 35.4 Å². The number of hydrogen-bond acceptors (Lipinski definition) is 7. The van der Waals surface area contributed by atoms with Crippen LogP contribution in [-0.4, -0.2) is 30.7 Å². The Balaban J connectivity index is 1.43. The first-order chi connectivity index (χ1) is 17.9. The van der Waals surface area contributed by atoms with Gasteiger partial charge >= 0.3 is 6.36 Å². The Labute approximate surface area is 212 Å². The van der Waals surface area contributed by atoms with Crippen molar-refractivity contribution in [3.63, 3.8) is 0 Å². The topological polar surface area (TPSA) is 87.3 Å². The summed E-state index contributed by atoms with van der Waals surface area (Å²) < 4.78 is 41.9. The third kappa shape index (κ3) is 6.03.